The molecule has 35 heavy (non-hydrogen) atoms. The molecule has 1 amide bonds. The number of anilines is 2. The van der Waals surface area contributed by atoms with Crippen molar-refractivity contribution in [3.8, 4) is 11.3 Å². The van der Waals surface area contributed by atoms with Gasteiger partial charge in [0.05, 0.1) is 5.69 Å². The van der Waals surface area contributed by atoms with Gasteiger partial charge in [-0.1, -0.05) is 67.1 Å². The number of nitrogens with zero attached hydrogens (tertiary/aromatic N) is 3. The van der Waals surface area contributed by atoms with Crippen molar-refractivity contribution in [1.29, 1.82) is 0 Å². The van der Waals surface area contributed by atoms with Gasteiger partial charge < -0.3 is 10.6 Å². The van der Waals surface area contributed by atoms with Gasteiger partial charge in [-0.15, -0.1) is 0 Å². The first-order valence-corrected chi connectivity index (χ1v) is 11.9. The van der Waals surface area contributed by atoms with E-state index in [1.807, 2.05) is 48.5 Å². The van der Waals surface area contributed by atoms with Crippen molar-refractivity contribution in [2.24, 2.45) is 0 Å². The van der Waals surface area contributed by atoms with Crippen molar-refractivity contribution in [3.63, 3.8) is 0 Å². The van der Waals surface area contributed by atoms with Crippen LogP contribution in [0.25, 0.3) is 11.3 Å². The summed E-state index contributed by atoms with van der Waals surface area (Å²) in [5.74, 6) is 0.584. The van der Waals surface area contributed by atoms with E-state index in [0.717, 1.165) is 36.6 Å². The molecule has 6 nitrogen and oxygen atoms in total. The maximum atomic E-state index is 12.8. The van der Waals surface area contributed by atoms with Crippen LogP contribution in [0.5, 0.6) is 0 Å². The summed E-state index contributed by atoms with van der Waals surface area (Å²) in [7, 11) is 0. The van der Waals surface area contributed by atoms with Gasteiger partial charge in [0.15, 0.2) is 0 Å². The Bertz CT molecular complexity index is 1260. The van der Waals surface area contributed by atoms with E-state index in [-0.39, 0.29) is 5.91 Å². The third-order valence-electron chi connectivity index (χ3n) is 5.79. The third kappa shape index (κ3) is 6.98. The lowest BCUT2D eigenvalue weighted by molar-refractivity contribution is 0.0948. The highest BCUT2D eigenvalue weighted by Gasteiger charge is 2.09. The van der Waals surface area contributed by atoms with Crippen molar-refractivity contribution >= 4 is 17.4 Å². The van der Waals surface area contributed by atoms with Gasteiger partial charge in [-0.3, -0.25) is 9.69 Å². The normalized spacial score (nSPS) is 10.8. The second-order valence-electron chi connectivity index (χ2n) is 8.47. The lowest BCUT2D eigenvalue weighted by Gasteiger charge is -2.20. The second kappa shape index (κ2) is 11.9. The summed E-state index contributed by atoms with van der Waals surface area (Å²) in [6.45, 7) is 7.37. The average Bonchev–Trinajstić information content (AvgIpc) is 2.89. The van der Waals surface area contributed by atoms with Gasteiger partial charge in [0.2, 0.25) is 0 Å². The molecule has 0 saturated carbocycles. The van der Waals surface area contributed by atoms with Gasteiger partial charge in [0.25, 0.3) is 5.91 Å². The molecular weight excluding hydrogens is 434 g/mol. The monoisotopic (exact) mass is 465 g/mol. The van der Waals surface area contributed by atoms with Gasteiger partial charge in [0.1, 0.15) is 12.1 Å². The molecule has 0 radical (unpaired) electrons. The van der Waals surface area contributed by atoms with Crippen LogP contribution in [0.2, 0.25) is 0 Å². The molecule has 2 N–H and O–H groups in total. The zero-order chi connectivity index (χ0) is 24.5. The van der Waals surface area contributed by atoms with Crippen molar-refractivity contribution in [2.45, 2.75) is 20.4 Å². The van der Waals surface area contributed by atoms with Crippen molar-refractivity contribution in [3.05, 3.63) is 108 Å². The number of hydrogen-bond donors (Lipinski definition) is 2. The maximum Gasteiger partial charge on any atom is 0.251 e. The smallest absolute Gasteiger partial charge is 0.251 e. The molecule has 6 heteroatoms. The molecule has 1 heterocycles. The minimum atomic E-state index is -0.0902. The van der Waals surface area contributed by atoms with E-state index in [1.54, 1.807) is 6.33 Å². The van der Waals surface area contributed by atoms with Crippen LogP contribution in [-0.4, -0.2) is 40.4 Å². The highest BCUT2D eigenvalue weighted by molar-refractivity contribution is 5.95. The molecule has 0 fully saturated rings. The fourth-order valence-corrected chi connectivity index (χ4v) is 3.89. The van der Waals surface area contributed by atoms with Crippen molar-refractivity contribution in [1.82, 2.24) is 20.2 Å². The molecule has 0 bridgehead atoms. The lowest BCUT2D eigenvalue weighted by Crippen LogP contribution is -2.34. The van der Waals surface area contributed by atoms with Crippen molar-refractivity contribution in [2.75, 3.05) is 25.0 Å². The first kappa shape index (κ1) is 24.1. The van der Waals surface area contributed by atoms with E-state index in [1.165, 1.54) is 11.1 Å². The Labute approximate surface area is 207 Å². The number of carbonyl (C=O) groups is 1. The van der Waals surface area contributed by atoms with E-state index in [0.29, 0.717) is 17.9 Å². The lowest BCUT2D eigenvalue weighted by atomic mass is 10.1. The van der Waals surface area contributed by atoms with Gasteiger partial charge in [-0.2, -0.15) is 0 Å². The molecule has 0 unspecified atom stereocenters. The predicted molar refractivity (Wildman–Crippen MR) is 142 cm³/mol. The molecule has 4 aromatic rings. The molecule has 0 aliphatic heterocycles. The first-order valence-electron chi connectivity index (χ1n) is 11.9. The van der Waals surface area contributed by atoms with Crippen LogP contribution in [0.3, 0.4) is 0 Å². The molecule has 3 aromatic carbocycles. The SMILES string of the molecule is CCN(CCNC(=O)c1cccc(Nc2cc(-c3cccc(C)c3)ncn2)c1)Cc1ccccc1. The molecular formula is C29H31N5O. The zero-order valence-corrected chi connectivity index (χ0v) is 20.2. The zero-order valence-electron chi connectivity index (χ0n) is 20.2. The fraction of sp³-hybridized carbons (Fsp3) is 0.207. The Kier molecular flexibility index (Phi) is 8.20. The number of aryl methyl sites for hydroxylation is 1. The Morgan fingerprint density at radius 1 is 0.914 bits per heavy atom. The van der Waals surface area contributed by atoms with Gasteiger partial charge in [-0.05, 0) is 43.3 Å². The predicted octanol–water partition coefficient (Wildman–Crippen LogP) is 5.45. The largest absolute Gasteiger partial charge is 0.351 e. The van der Waals surface area contributed by atoms with Gasteiger partial charge in [-0.25, -0.2) is 9.97 Å². The molecule has 4 rings (SSSR count). The Morgan fingerprint density at radius 2 is 1.74 bits per heavy atom. The summed E-state index contributed by atoms with van der Waals surface area (Å²) >= 11 is 0. The van der Waals surface area contributed by atoms with Crippen LogP contribution in [0.15, 0.2) is 91.3 Å². The quantitative estimate of drug-likeness (QED) is 0.326. The number of rotatable bonds is 10. The van der Waals surface area contributed by atoms with Crippen LogP contribution < -0.4 is 10.6 Å². The molecule has 0 aliphatic rings. The standard InChI is InChI=1S/C29H31N5O/c1-3-34(20-23-10-5-4-6-11-23)16-15-30-29(35)25-13-8-14-26(18-25)33-28-19-27(31-21-32-28)24-12-7-9-22(2)17-24/h4-14,17-19,21H,3,15-16,20H2,1-2H3,(H,30,35)(H,31,32,33). The number of nitrogens with one attached hydrogen (secondary N) is 2. The fourth-order valence-electron chi connectivity index (χ4n) is 3.89. The average molecular weight is 466 g/mol. The Hall–Kier alpha value is -4.03. The molecule has 0 saturated heterocycles. The number of hydrogen-bond acceptors (Lipinski definition) is 5. The van der Waals surface area contributed by atoms with E-state index in [9.17, 15) is 4.79 Å². The van der Waals surface area contributed by atoms with E-state index < -0.39 is 0 Å². The van der Waals surface area contributed by atoms with Crippen molar-refractivity contribution < 1.29 is 4.79 Å². The maximum absolute atomic E-state index is 12.8. The number of likely N-dealkylation sites (N-methyl/N-ethyl adjacent to an activating group) is 1. The minimum Gasteiger partial charge on any atom is -0.351 e. The highest BCUT2D eigenvalue weighted by Crippen LogP contribution is 2.22. The first-order chi connectivity index (χ1) is 17.1. The summed E-state index contributed by atoms with van der Waals surface area (Å²) in [6.07, 6.45) is 1.55. The molecule has 0 atom stereocenters. The Morgan fingerprint density at radius 3 is 2.54 bits per heavy atom. The molecule has 178 valence electrons. The summed E-state index contributed by atoms with van der Waals surface area (Å²) in [5, 5.41) is 6.34. The molecule has 0 aliphatic carbocycles. The highest BCUT2D eigenvalue weighted by atomic mass is 16.1. The molecule has 1 aromatic heterocycles. The summed E-state index contributed by atoms with van der Waals surface area (Å²) in [6, 6.07) is 27.9. The Balaban J connectivity index is 1.35. The summed E-state index contributed by atoms with van der Waals surface area (Å²) in [5.41, 5.74) is 5.74. The van der Waals surface area contributed by atoms with Gasteiger partial charge in [0, 0.05) is 42.5 Å². The van der Waals surface area contributed by atoms with Crippen LogP contribution in [0, 0.1) is 6.92 Å². The number of aromatic nitrogens is 2. The third-order valence-corrected chi connectivity index (χ3v) is 5.79. The van der Waals surface area contributed by atoms with Crippen LogP contribution in [0.4, 0.5) is 11.5 Å². The summed E-state index contributed by atoms with van der Waals surface area (Å²) in [4.78, 5) is 23.8. The number of carbonyl (C=O) groups excluding carboxylic acids is 1. The topological polar surface area (TPSA) is 70.2 Å². The summed E-state index contributed by atoms with van der Waals surface area (Å²) < 4.78 is 0. The van der Waals surface area contributed by atoms with Gasteiger partial charge >= 0.3 is 0 Å². The minimum absolute atomic E-state index is 0.0902. The van der Waals surface area contributed by atoms with E-state index in [2.05, 4.69) is 75.7 Å². The van der Waals surface area contributed by atoms with E-state index in [4.69, 9.17) is 0 Å². The van der Waals surface area contributed by atoms with Crippen LogP contribution in [-0.2, 0) is 6.54 Å². The number of benzene rings is 3. The molecule has 0 spiro atoms. The van der Waals surface area contributed by atoms with Crippen LogP contribution in [0.1, 0.15) is 28.4 Å². The number of amides is 1. The van der Waals surface area contributed by atoms with Crippen LogP contribution >= 0.6 is 0 Å². The van der Waals surface area contributed by atoms with E-state index >= 15 is 0 Å². The second-order valence-corrected chi connectivity index (χ2v) is 8.47.